The molecular weight excluding hydrogens is 442 g/mol. The van der Waals surface area contributed by atoms with Gasteiger partial charge >= 0.3 is 0 Å². The predicted molar refractivity (Wildman–Crippen MR) is 121 cm³/mol. The first-order chi connectivity index (χ1) is 14.5. The Morgan fingerprint density at radius 2 is 2.13 bits per heavy atom. The van der Waals surface area contributed by atoms with Gasteiger partial charge in [-0.1, -0.05) is 12.1 Å². The van der Waals surface area contributed by atoms with Crippen LogP contribution in [0.15, 0.2) is 47.3 Å². The molecule has 0 radical (unpaired) electrons. The summed E-state index contributed by atoms with van der Waals surface area (Å²) in [6, 6.07) is 9.06. The van der Waals surface area contributed by atoms with Crippen molar-refractivity contribution in [2.45, 2.75) is 31.1 Å². The molecule has 5 rings (SSSR count). The zero-order chi connectivity index (χ0) is 20.9. The monoisotopic (exact) mass is 469 g/mol. The number of piperidine rings is 1. The van der Waals surface area contributed by atoms with Gasteiger partial charge in [-0.25, -0.2) is 0 Å². The number of hydrogen-bond acceptors (Lipinski definition) is 4. The lowest BCUT2D eigenvalue weighted by Crippen LogP contribution is -2.59. The van der Waals surface area contributed by atoms with Crippen molar-refractivity contribution in [3.8, 4) is 0 Å². The van der Waals surface area contributed by atoms with E-state index in [0.717, 1.165) is 29.4 Å². The van der Waals surface area contributed by atoms with Crippen molar-refractivity contribution in [3.63, 3.8) is 0 Å². The lowest BCUT2D eigenvalue weighted by molar-refractivity contribution is -0.134. The van der Waals surface area contributed by atoms with Crippen LogP contribution in [0.2, 0.25) is 0 Å². The number of nitrogens with zero attached hydrogens (tertiary/aromatic N) is 3. The van der Waals surface area contributed by atoms with E-state index < -0.39 is 0 Å². The van der Waals surface area contributed by atoms with E-state index in [4.69, 9.17) is 9.47 Å². The van der Waals surface area contributed by atoms with Crippen molar-refractivity contribution in [2.75, 3.05) is 27.3 Å². The van der Waals surface area contributed by atoms with Crippen LogP contribution < -0.4 is 0 Å². The smallest absolute Gasteiger partial charge is 0.110 e. The maximum absolute atomic E-state index is 6.40. The number of hydrogen-bond donors (Lipinski definition) is 0. The Kier molecular flexibility index (Phi) is 5.22. The Morgan fingerprint density at radius 1 is 1.27 bits per heavy atom. The maximum atomic E-state index is 6.40. The molecule has 0 bridgehead atoms. The third kappa shape index (κ3) is 3.21. The summed E-state index contributed by atoms with van der Waals surface area (Å²) < 4.78 is 15.8. The number of rotatable bonds is 5. The number of fused-ring (bicyclic) bond motifs is 2. The average molecular weight is 470 g/mol. The predicted octanol–water partition coefficient (Wildman–Crippen LogP) is 4.27. The van der Waals surface area contributed by atoms with Crippen molar-refractivity contribution in [2.24, 2.45) is 13.0 Å². The molecule has 1 saturated heterocycles. The van der Waals surface area contributed by atoms with Gasteiger partial charge in [0.15, 0.2) is 0 Å². The van der Waals surface area contributed by atoms with Crippen LogP contribution in [-0.4, -0.2) is 47.8 Å². The summed E-state index contributed by atoms with van der Waals surface area (Å²) in [6.07, 6.45) is 7.95. The van der Waals surface area contributed by atoms with Gasteiger partial charge in [0.25, 0.3) is 0 Å². The van der Waals surface area contributed by atoms with Crippen molar-refractivity contribution in [3.05, 3.63) is 64.0 Å². The fourth-order valence-electron chi connectivity index (χ4n) is 5.70. The second-order valence-electron chi connectivity index (χ2n) is 8.81. The Balaban J connectivity index is 1.41. The number of aryl methyl sites for hydroxylation is 1. The fraction of sp³-hybridized carbons (Fsp3) is 0.458. The number of likely N-dealkylation sites (tertiary alicyclic amines) is 1. The highest BCUT2D eigenvalue weighted by Gasteiger charge is 2.51. The summed E-state index contributed by atoms with van der Waals surface area (Å²) >= 11 is 3.48. The van der Waals surface area contributed by atoms with E-state index in [1.807, 2.05) is 13.3 Å². The SMILES string of the molecule is CO[C@]12C[C@@H](COCc3cncc(Br)c3)CN(C)[C@@H]1Cc1cn(C)c3cccc2c13. The number of methoxy groups -OCH3 is 1. The first-order valence-electron chi connectivity index (χ1n) is 10.5. The third-order valence-electron chi connectivity index (χ3n) is 6.92. The van der Waals surface area contributed by atoms with Gasteiger partial charge in [-0.05, 0) is 70.6 Å². The second kappa shape index (κ2) is 7.75. The van der Waals surface area contributed by atoms with Gasteiger partial charge < -0.3 is 14.0 Å². The summed E-state index contributed by atoms with van der Waals surface area (Å²) in [6.45, 7) is 2.31. The Bertz CT molecular complexity index is 1080. The Morgan fingerprint density at radius 3 is 2.93 bits per heavy atom. The molecule has 1 fully saturated rings. The summed E-state index contributed by atoms with van der Waals surface area (Å²) in [4.78, 5) is 6.71. The highest BCUT2D eigenvalue weighted by molar-refractivity contribution is 9.10. The molecule has 158 valence electrons. The molecule has 1 aliphatic heterocycles. The molecule has 0 amide bonds. The third-order valence-corrected chi connectivity index (χ3v) is 7.35. The minimum atomic E-state index is -0.299. The molecule has 1 aromatic carbocycles. The van der Waals surface area contributed by atoms with Gasteiger partial charge in [0.2, 0.25) is 0 Å². The van der Waals surface area contributed by atoms with Gasteiger partial charge in [-0.2, -0.15) is 0 Å². The second-order valence-corrected chi connectivity index (χ2v) is 9.73. The molecule has 0 spiro atoms. The van der Waals surface area contributed by atoms with Crippen molar-refractivity contribution >= 4 is 26.8 Å². The number of pyridine rings is 1. The van der Waals surface area contributed by atoms with Crippen molar-refractivity contribution in [1.29, 1.82) is 0 Å². The van der Waals surface area contributed by atoms with Crippen LogP contribution in [0.25, 0.3) is 10.9 Å². The molecule has 2 aromatic heterocycles. The van der Waals surface area contributed by atoms with Gasteiger partial charge in [-0.15, -0.1) is 0 Å². The van der Waals surface area contributed by atoms with Crippen LogP contribution in [0, 0.1) is 5.92 Å². The number of aromatic nitrogens is 2. The Labute approximate surface area is 186 Å². The van der Waals surface area contributed by atoms with E-state index in [9.17, 15) is 0 Å². The summed E-state index contributed by atoms with van der Waals surface area (Å²) in [5, 5.41) is 1.38. The quantitative estimate of drug-likeness (QED) is 0.559. The minimum Gasteiger partial charge on any atom is -0.376 e. The molecule has 5 nitrogen and oxygen atoms in total. The maximum Gasteiger partial charge on any atom is 0.110 e. The molecule has 3 heterocycles. The van der Waals surface area contributed by atoms with Gasteiger partial charge in [0, 0.05) is 60.7 Å². The lowest BCUT2D eigenvalue weighted by atomic mass is 9.69. The van der Waals surface area contributed by atoms with Crippen LogP contribution in [0.4, 0.5) is 0 Å². The zero-order valence-corrected chi connectivity index (χ0v) is 19.4. The van der Waals surface area contributed by atoms with Crippen molar-refractivity contribution in [1.82, 2.24) is 14.5 Å². The number of benzene rings is 1. The van der Waals surface area contributed by atoms with Crippen molar-refractivity contribution < 1.29 is 9.47 Å². The molecule has 3 atom stereocenters. The summed E-state index contributed by atoms with van der Waals surface area (Å²) in [5.41, 5.74) is 4.85. The van der Waals surface area contributed by atoms with Gasteiger partial charge in [0.05, 0.1) is 13.2 Å². The molecule has 0 unspecified atom stereocenters. The van der Waals surface area contributed by atoms with E-state index in [1.54, 1.807) is 6.20 Å². The average Bonchev–Trinajstić information content (AvgIpc) is 3.06. The molecule has 30 heavy (non-hydrogen) atoms. The van der Waals surface area contributed by atoms with E-state index in [0.29, 0.717) is 25.2 Å². The molecule has 3 aromatic rings. The van der Waals surface area contributed by atoms with E-state index >= 15 is 0 Å². The molecule has 0 saturated carbocycles. The van der Waals surface area contributed by atoms with Crippen LogP contribution in [0.1, 0.15) is 23.1 Å². The first-order valence-corrected chi connectivity index (χ1v) is 11.3. The van der Waals surface area contributed by atoms with Crippen LogP contribution >= 0.6 is 15.9 Å². The first kappa shape index (κ1) is 20.2. The summed E-state index contributed by atoms with van der Waals surface area (Å²) in [5.74, 6) is 0.409. The van der Waals surface area contributed by atoms with E-state index in [2.05, 4.69) is 74.9 Å². The van der Waals surface area contributed by atoms with Crippen LogP contribution in [0.5, 0.6) is 0 Å². The largest absolute Gasteiger partial charge is 0.376 e. The fourth-order valence-corrected chi connectivity index (χ4v) is 6.12. The molecule has 0 N–H and O–H groups in total. The molecule has 2 aliphatic rings. The Hall–Kier alpha value is -1.73. The normalized spacial score (nSPS) is 26.1. The summed E-state index contributed by atoms with van der Waals surface area (Å²) in [7, 11) is 6.25. The number of likely N-dealkylation sites (N-methyl/N-ethyl adjacent to an activating group) is 1. The lowest BCUT2D eigenvalue weighted by Gasteiger charge is -2.53. The number of ether oxygens (including phenoxy) is 2. The molecular formula is C24H28BrN3O2. The number of halogens is 1. The van der Waals surface area contributed by atoms with E-state index in [-0.39, 0.29) is 5.60 Å². The van der Waals surface area contributed by atoms with Crippen LogP contribution in [-0.2, 0) is 35.2 Å². The zero-order valence-electron chi connectivity index (χ0n) is 17.8. The van der Waals surface area contributed by atoms with Crippen LogP contribution in [0.3, 0.4) is 0 Å². The standard InChI is InChI=1S/C24H28BrN3O2/c1-27-13-18-8-22-24(29-3,20-5-4-6-21(27)23(18)20)9-17(12-28(22)2)15-30-14-16-7-19(25)11-26-10-16/h4-7,10-11,13,17,22H,8-9,12,14-15H2,1-3H3/t17-,22-,24+/m1/s1. The minimum absolute atomic E-state index is 0.299. The topological polar surface area (TPSA) is 39.5 Å². The van der Waals surface area contributed by atoms with Gasteiger partial charge in [-0.3, -0.25) is 9.88 Å². The highest BCUT2D eigenvalue weighted by atomic mass is 79.9. The highest BCUT2D eigenvalue weighted by Crippen LogP contribution is 2.49. The molecule has 1 aliphatic carbocycles. The molecule has 6 heteroatoms. The van der Waals surface area contributed by atoms with Gasteiger partial charge in [0.1, 0.15) is 5.60 Å². The van der Waals surface area contributed by atoms with E-state index in [1.165, 1.54) is 22.0 Å².